The van der Waals surface area contributed by atoms with Crippen LogP contribution >= 0.6 is 0 Å². The van der Waals surface area contributed by atoms with Crippen molar-refractivity contribution in [2.45, 2.75) is 25.9 Å². The van der Waals surface area contributed by atoms with Crippen LogP contribution in [0.2, 0.25) is 0 Å². The van der Waals surface area contributed by atoms with E-state index in [2.05, 4.69) is 38.9 Å². The van der Waals surface area contributed by atoms with E-state index in [0.717, 1.165) is 38.7 Å². The van der Waals surface area contributed by atoms with Crippen molar-refractivity contribution >= 4 is 5.95 Å². The highest BCUT2D eigenvalue weighted by Crippen LogP contribution is 2.09. The molecule has 1 fully saturated rings. The number of aromatic nitrogens is 2. The third-order valence-corrected chi connectivity index (χ3v) is 3.48. The number of nitrogens with zero attached hydrogens (tertiary/aromatic N) is 4. The molecule has 2 N–H and O–H groups in total. The molecule has 6 nitrogen and oxygen atoms in total. The lowest BCUT2D eigenvalue weighted by atomic mass is 10.2. The molecule has 1 unspecified atom stereocenters. The molecule has 0 aromatic carbocycles. The molecule has 1 aromatic heterocycles. The first-order valence-electron chi connectivity index (χ1n) is 7.30. The molecule has 0 spiro atoms. The largest absolute Gasteiger partial charge is 0.395 e. The minimum Gasteiger partial charge on any atom is -0.395 e. The highest BCUT2D eigenvalue weighted by molar-refractivity contribution is 5.29. The van der Waals surface area contributed by atoms with Crippen LogP contribution in [0, 0.1) is 0 Å². The van der Waals surface area contributed by atoms with Gasteiger partial charge in [0, 0.05) is 57.2 Å². The van der Waals surface area contributed by atoms with Crippen molar-refractivity contribution in [2.75, 3.05) is 44.2 Å². The second-order valence-corrected chi connectivity index (χ2v) is 5.54. The standard InChI is InChI=1S/C14H25N5O/c1-12(2)17-13(11-20)10-18-6-8-19(9-7-18)14-15-4-3-5-16-14/h3-5,12-13,17,20H,6-11H2,1-2H3. The Kier molecular flexibility index (Phi) is 5.70. The fourth-order valence-corrected chi connectivity index (χ4v) is 2.53. The van der Waals surface area contributed by atoms with Gasteiger partial charge in [0.25, 0.3) is 0 Å². The summed E-state index contributed by atoms with van der Waals surface area (Å²) in [5.74, 6) is 0.811. The van der Waals surface area contributed by atoms with Crippen LogP contribution in [0.25, 0.3) is 0 Å². The zero-order valence-corrected chi connectivity index (χ0v) is 12.4. The van der Waals surface area contributed by atoms with Crippen LogP contribution in [-0.4, -0.2) is 71.4 Å². The molecule has 1 aromatic rings. The molecular weight excluding hydrogens is 254 g/mol. The van der Waals surface area contributed by atoms with Crippen molar-refractivity contribution in [1.82, 2.24) is 20.2 Å². The van der Waals surface area contributed by atoms with Gasteiger partial charge in [-0.25, -0.2) is 9.97 Å². The topological polar surface area (TPSA) is 64.5 Å². The smallest absolute Gasteiger partial charge is 0.225 e. The maximum atomic E-state index is 9.42. The summed E-state index contributed by atoms with van der Waals surface area (Å²) in [6.45, 7) is 9.11. The molecule has 1 aliphatic heterocycles. The molecule has 0 amide bonds. The van der Waals surface area contributed by atoms with Gasteiger partial charge in [-0.1, -0.05) is 13.8 Å². The van der Waals surface area contributed by atoms with Gasteiger partial charge in [-0.15, -0.1) is 0 Å². The first kappa shape index (κ1) is 15.2. The van der Waals surface area contributed by atoms with E-state index in [1.165, 1.54) is 0 Å². The molecule has 2 heterocycles. The Bertz CT molecular complexity index is 378. The molecular formula is C14H25N5O. The fraction of sp³-hybridized carbons (Fsp3) is 0.714. The summed E-state index contributed by atoms with van der Waals surface area (Å²) in [4.78, 5) is 13.2. The molecule has 1 aliphatic rings. The second kappa shape index (κ2) is 7.52. The van der Waals surface area contributed by atoms with Gasteiger partial charge in [0.15, 0.2) is 0 Å². The van der Waals surface area contributed by atoms with Crippen LogP contribution in [0.3, 0.4) is 0 Å². The quantitative estimate of drug-likeness (QED) is 0.762. The van der Waals surface area contributed by atoms with Crippen LogP contribution in [0.4, 0.5) is 5.95 Å². The highest BCUT2D eigenvalue weighted by Gasteiger charge is 2.21. The number of aliphatic hydroxyl groups is 1. The van der Waals surface area contributed by atoms with Crippen LogP contribution in [0.1, 0.15) is 13.8 Å². The summed E-state index contributed by atoms with van der Waals surface area (Å²) in [6.07, 6.45) is 3.56. The summed E-state index contributed by atoms with van der Waals surface area (Å²) in [6, 6.07) is 2.38. The zero-order chi connectivity index (χ0) is 14.4. The van der Waals surface area contributed by atoms with Crippen molar-refractivity contribution in [3.8, 4) is 0 Å². The molecule has 0 aliphatic carbocycles. The number of aliphatic hydroxyl groups excluding tert-OH is 1. The Balaban J connectivity index is 1.79. The Hall–Kier alpha value is -1.24. The van der Waals surface area contributed by atoms with Gasteiger partial charge in [-0.2, -0.15) is 0 Å². The van der Waals surface area contributed by atoms with E-state index >= 15 is 0 Å². The average Bonchev–Trinajstić information content (AvgIpc) is 2.48. The lowest BCUT2D eigenvalue weighted by Gasteiger charge is -2.36. The Morgan fingerprint density at radius 3 is 2.40 bits per heavy atom. The lowest BCUT2D eigenvalue weighted by molar-refractivity contribution is 0.170. The van der Waals surface area contributed by atoms with E-state index in [9.17, 15) is 5.11 Å². The minimum absolute atomic E-state index is 0.148. The Labute approximate surface area is 120 Å². The molecule has 20 heavy (non-hydrogen) atoms. The molecule has 112 valence electrons. The first-order valence-corrected chi connectivity index (χ1v) is 7.30. The van der Waals surface area contributed by atoms with Crippen LogP contribution in [0.15, 0.2) is 18.5 Å². The predicted molar refractivity (Wildman–Crippen MR) is 79.8 cm³/mol. The number of nitrogens with one attached hydrogen (secondary N) is 1. The second-order valence-electron chi connectivity index (χ2n) is 5.54. The first-order chi connectivity index (χ1) is 9.69. The fourth-order valence-electron chi connectivity index (χ4n) is 2.53. The minimum atomic E-state index is 0.148. The predicted octanol–water partition coefficient (Wildman–Crippen LogP) is -0.0425. The van der Waals surface area contributed by atoms with E-state index in [1.807, 2.05) is 6.07 Å². The maximum absolute atomic E-state index is 9.42. The van der Waals surface area contributed by atoms with E-state index in [4.69, 9.17) is 0 Å². The van der Waals surface area contributed by atoms with Gasteiger partial charge >= 0.3 is 0 Å². The Morgan fingerprint density at radius 1 is 1.20 bits per heavy atom. The van der Waals surface area contributed by atoms with Gasteiger partial charge in [-0.05, 0) is 6.07 Å². The number of piperazine rings is 1. The molecule has 2 rings (SSSR count). The highest BCUT2D eigenvalue weighted by atomic mass is 16.3. The molecule has 0 radical (unpaired) electrons. The number of anilines is 1. The average molecular weight is 279 g/mol. The van der Waals surface area contributed by atoms with Crippen molar-refractivity contribution in [1.29, 1.82) is 0 Å². The number of rotatable bonds is 6. The molecule has 0 bridgehead atoms. The van der Waals surface area contributed by atoms with Crippen LogP contribution in [-0.2, 0) is 0 Å². The third kappa shape index (κ3) is 4.40. The molecule has 1 saturated heterocycles. The normalized spacial score (nSPS) is 18.5. The maximum Gasteiger partial charge on any atom is 0.225 e. The van der Waals surface area contributed by atoms with Crippen molar-refractivity contribution in [2.24, 2.45) is 0 Å². The molecule has 1 atom stereocenters. The van der Waals surface area contributed by atoms with Crippen molar-refractivity contribution in [3.63, 3.8) is 0 Å². The summed E-state index contributed by atoms with van der Waals surface area (Å²) >= 11 is 0. The number of hydrogen-bond donors (Lipinski definition) is 2. The number of hydrogen-bond acceptors (Lipinski definition) is 6. The summed E-state index contributed by atoms with van der Waals surface area (Å²) in [5.41, 5.74) is 0. The van der Waals surface area contributed by atoms with E-state index < -0.39 is 0 Å². The molecule has 0 saturated carbocycles. The van der Waals surface area contributed by atoms with Gasteiger partial charge in [0.1, 0.15) is 0 Å². The summed E-state index contributed by atoms with van der Waals surface area (Å²) in [7, 11) is 0. The van der Waals surface area contributed by atoms with Gasteiger partial charge < -0.3 is 15.3 Å². The third-order valence-electron chi connectivity index (χ3n) is 3.48. The van der Waals surface area contributed by atoms with Gasteiger partial charge in [0.05, 0.1) is 6.61 Å². The SMILES string of the molecule is CC(C)NC(CO)CN1CCN(c2ncccn2)CC1. The lowest BCUT2D eigenvalue weighted by Crippen LogP contribution is -2.52. The van der Waals surface area contributed by atoms with E-state index in [0.29, 0.717) is 6.04 Å². The molecule has 6 heteroatoms. The van der Waals surface area contributed by atoms with Gasteiger partial charge in [0.2, 0.25) is 5.95 Å². The van der Waals surface area contributed by atoms with Crippen molar-refractivity contribution in [3.05, 3.63) is 18.5 Å². The van der Waals surface area contributed by atoms with E-state index in [-0.39, 0.29) is 12.6 Å². The Morgan fingerprint density at radius 2 is 1.85 bits per heavy atom. The van der Waals surface area contributed by atoms with Gasteiger partial charge in [-0.3, -0.25) is 4.90 Å². The van der Waals surface area contributed by atoms with Crippen LogP contribution in [0.5, 0.6) is 0 Å². The van der Waals surface area contributed by atoms with Crippen LogP contribution < -0.4 is 10.2 Å². The van der Waals surface area contributed by atoms with E-state index in [1.54, 1.807) is 12.4 Å². The van der Waals surface area contributed by atoms with Crippen molar-refractivity contribution < 1.29 is 5.11 Å². The monoisotopic (exact) mass is 279 g/mol. The summed E-state index contributed by atoms with van der Waals surface area (Å²) < 4.78 is 0. The summed E-state index contributed by atoms with van der Waals surface area (Å²) in [5, 5.41) is 12.8. The zero-order valence-electron chi connectivity index (χ0n) is 12.4.